The number of nitrogens with one attached hydrogen (secondary N) is 2. The predicted octanol–water partition coefficient (Wildman–Crippen LogP) is 4.59. The van der Waals surface area contributed by atoms with Gasteiger partial charge in [0.25, 0.3) is 5.91 Å². The van der Waals surface area contributed by atoms with Crippen LogP contribution in [0.2, 0.25) is 10.0 Å². The minimum Gasteiger partial charge on any atom is -0.506 e. The van der Waals surface area contributed by atoms with Gasteiger partial charge < -0.3 is 26.0 Å². The third-order valence-corrected chi connectivity index (χ3v) is 8.20. The minimum absolute atomic E-state index is 0.00287. The molecule has 2 amide bonds. The Labute approximate surface area is 223 Å². The van der Waals surface area contributed by atoms with Crippen LogP contribution in [0.4, 0.5) is 5.69 Å². The van der Waals surface area contributed by atoms with Gasteiger partial charge in [0.1, 0.15) is 11.8 Å². The molecule has 0 radical (unpaired) electrons. The Bertz CT molecular complexity index is 1240. The Balaban J connectivity index is 1.78. The lowest BCUT2D eigenvalue weighted by molar-refractivity contribution is -0.155. The number of phenolic OH excluding ortho intramolecular Hbond substituents is 1. The molecule has 5 N–H and O–H groups in total. The van der Waals surface area contributed by atoms with E-state index < -0.39 is 46.5 Å². The van der Waals surface area contributed by atoms with E-state index in [1.165, 1.54) is 30.3 Å². The van der Waals surface area contributed by atoms with Gasteiger partial charge in [0.05, 0.1) is 26.7 Å². The molecule has 9 nitrogen and oxygen atoms in total. The van der Waals surface area contributed by atoms with Crippen LogP contribution in [-0.4, -0.2) is 45.1 Å². The van der Waals surface area contributed by atoms with Crippen molar-refractivity contribution in [1.82, 2.24) is 5.32 Å². The molecule has 198 valence electrons. The highest BCUT2D eigenvalue weighted by atomic mass is 35.5. The van der Waals surface area contributed by atoms with Gasteiger partial charge in [-0.15, -0.1) is 0 Å². The summed E-state index contributed by atoms with van der Waals surface area (Å²) in [5.41, 5.74) is -1.60. The smallest absolute Gasteiger partial charge is 0.326 e. The van der Waals surface area contributed by atoms with Gasteiger partial charge in [0, 0.05) is 12.3 Å². The zero-order chi connectivity index (χ0) is 27.7. The number of carboxylic acid groups (broad SMARTS) is 2. The second-order valence-corrected chi connectivity index (χ2v) is 10.8. The molecule has 1 saturated carbocycles. The number of aliphatic carboxylic acids is 2. The molecule has 1 aliphatic rings. The number of carbonyl (C=O) groups excluding carboxylic acids is 2. The lowest BCUT2D eigenvalue weighted by Crippen LogP contribution is -2.49. The van der Waals surface area contributed by atoms with Crippen LogP contribution >= 0.6 is 23.2 Å². The van der Waals surface area contributed by atoms with Crippen LogP contribution in [-0.2, 0) is 20.8 Å². The highest BCUT2D eigenvalue weighted by Crippen LogP contribution is 2.56. The molecule has 0 aliphatic heterocycles. The van der Waals surface area contributed by atoms with Gasteiger partial charge in [-0.05, 0) is 55.0 Å². The zero-order valence-corrected chi connectivity index (χ0v) is 22.0. The molecule has 2 aromatic rings. The van der Waals surface area contributed by atoms with Crippen molar-refractivity contribution in [1.29, 1.82) is 0 Å². The molecule has 3 atom stereocenters. The van der Waals surface area contributed by atoms with Gasteiger partial charge in [0.2, 0.25) is 5.91 Å². The van der Waals surface area contributed by atoms with E-state index in [4.69, 9.17) is 23.2 Å². The average Bonchev–Trinajstić information content (AvgIpc) is 3.05. The van der Waals surface area contributed by atoms with Crippen molar-refractivity contribution in [3.05, 3.63) is 57.6 Å². The van der Waals surface area contributed by atoms with E-state index in [1.807, 2.05) is 0 Å². The van der Waals surface area contributed by atoms with E-state index >= 15 is 0 Å². The quantitative estimate of drug-likeness (QED) is 0.301. The molecule has 1 aliphatic carbocycles. The normalized spacial score (nSPS) is 21.2. The number of phenols is 1. The number of amides is 2. The summed E-state index contributed by atoms with van der Waals surface area (Å²) in [4.78, 5) is 49.6. The van der Waals surface area contributed by atoms with Gasteiger partial charge in [-0.1, -0.05) is 49.2 Å². The Morgan fingerprint density at radius 3 is 2.22 bits per heavy atom. The first kappa shape index (κ1) is 28.3. The Morgan fingerprint density at radius 2 is 1.68 bits per heavy atom. The van der Waals surface area contributed by atoms with Crippen LogP contribution in [0.5, 0.6) is 5.75 Å². The first-order valence-electron chi connectivity index (χ1n) is 11.5. The summed E-state index contributed by atoms with van der Waals surface area (Å²) in [5.74, 6) is -4.45. The second-order valence-electron chi connectivity index (χ2n) is 9.96. The molecule has 0 saturated heterocycles. The van der Waals surface area contributed by atoms with E-state index in [-0.39, 0.29) is 33.5 Å². The summed E-state index contributed by atoms with van der Waals surface area (Å²) >= 11 is 12.2. The van der Waals surface area contributed by atoms with E-state index in [2.05, 4.69) is 10.6 Å². The molecule has 0 aromatic heterocycles. The van der Waals surface area contributed by atoms with Crippen molar-refractivity contribution >= 4 is 52.6 Å². The standard InChI is InChI=1S/C26H28Cl2N2O7/c1-25(2)14(9-10-26(25,3)24(36)37)21(32)30-18(23(34)35)12-13-7-8-19(31)17(11-13)29-22(33)20-15(27)5-4-6-16(20)28/h4-8,11,14,18,31H,9-10,12H2,1-3H3,(H,29,33)(H,30,32)(H,34,35)(H,36,37)/t14?,18-,26?/m0/s1. The highest BCUT2D eigenvalue weighted by molar-refractivity contribution is 6.40. The zero-order valence-electron chi connectivity index (χ0n) is 20.5. The van der Waals surface area contributed by atoms with Gasteiger partial charge in [-0.2, -0.15) is 0 Å². The topological polar surface area (TPSA) is 153 Å². The number of rotatable bonds is 8. The van der Waals surface area contributed by atoms with Crippen molar-refractivity contribution in [2.45, 2.75) is 46.1 Å². The van der Waals surface area contributed by atoms with Crippen molar-refractivity contribution < 1.29 is 34.5 Å². The maximum absolute atomic E-state index is 13.1. The van der Waals surface area contributed by atoms with Gasteiger partial charge in [0.15, 0.2) is 0 Å². The number of carbonyl (C=O) groups is 4. The fourth-order valence-corrected chi connectivity index (χ4v) is 5.33. The van der Waals surface area contributed by atoms with E-state index in [1.54, 1.807) is 26.8 Å². The van der Waals surface area contributed by atoms with Gasteiger partial charge in [-0.3, -0.25) is 14.4 Å². The monoisotopic (exact) mass is 550 g/mol. The van der Waals surface area contributed by atoms with Crippen LogP contribution in [0.25, 0.3) is 0 Å². The van der Waals surface area contributed by atoms with E-state index in [0.717, 1.165) is 0 Å². The first-order chi connectivity index (χ1) is 17.2. The lowest BCUT2D eigenvalue weighted by atomic mass is 9.65. The summed E-state index contributed by atoms with van der Waals surface area (Å²) in [6.45, 7) is 5.00. The molecule has 0 heterocycles. The van der Waals surface area contributed by atoms with Crippen LogP contribution in [0.1, 0.15) is 49.5 Å². The number of anilines is 1. The molecular formula is C26H28Cl2N2O7. The summed E-state index contributed by atoms with van der Waals surface area (Å²) in [6.07, 6.45) is 0.454. The summed E-state index contributed by atoms with van der Waals surface area (Å²) < 4.78 is 0. The molecule has 37 heavy (non-hydrogen) atoms. The summed E-state index contributed by atoms with van der Waals surface area (Å²) in [7, 11) is 0. The van der Waals surface area contributed by atoms with Crippen LogP contribution < -0.4 is 10.6 Å². The largest absolute Gasteiger partial charge is 0.506 e. The molecule has 0 bridgehead atoms. The Morgan fingerprint density at radius 1 is 1.05 bits per heavy atom. The highest BCUT2D eigenvalue weighted by Gasteiger charge is 2.58. The van der Waals surface area contributed by atoms with E-state index in [9.17, 15) is 34.5 Å². The molecule has 1 fully saturated rings. The number of hydrogen-bond acceptors (Lipinski definition) is 5. The summed E-state index contributed by atoms with van der Waals surface area (Å²) in [6, 6.07) is 7.38. The van der Waals surface area contributed by atoms with Crippen molar-refractivity contribution in [2.24, 2.45) is 16.7 Å². The van der Waals surface area contributed by atoms with Crippen LogP contribution in [0.3, 0.4) is 0 Å². The van der Waals surface area contributed by atoms with Gasteiger partial charge in [-0.25, -0.2) is 4.79 Å². The van der Waals surface area contributed by atoms with Crippen LogP contribution in [0, 0.1) is 16.7 Å². The summed E-state index contributed by atoms with van der Waals surface area (Å²) in [5, 5.41) is 35.0. The number of carboxylic acids is 2. The Hall–Kier alpha value is -3.30. The first-order valence-corrected chi connectivity index (χ1v) is 12.3. The molecule has 3 rings (SSSR count). The van der Waals surface area contributed by atoms with Crippen molar-refractivity contribution in [2.75, 3.05) is 5.32 Å². The third kappa shape index (κ3) is 5.52. The molecule has 0 spiro atoms. The second kappa shape index (κ2) is 10.6. The maximum Gasteiger partial charge on any atom is 0.326 e. The third-order valence-electron chi connectivity index (χ3n) is 7.57. The van der Waals surface area contributed by atoms with Gasteiger partial charge >= 0.3 is 11.9 Å². The van der Waals surface area contributed by atoms with Crippen LogP contribution in [0.15, 0.2) is 36.4 Å². The maximum atomic E-state index is 13.1. The Kier molecular flexibility index (Phi) is 8.09. The lowest BCUT2D eigenvalue weighted by Gasteiger charge is -2.38. The molecular weight excluding hydrogens is 523 g/mol. The van der Waals surface area contributed by atoms with Crippen molar-refractivity contribution in [3.8, 4) is 5.75 Å². The van der Waals surface area contributed by atoms with Crippen molar-refractivity contribution in [3.63, 3.8) is 0 Å². The number of benzene rings is 2. The minimum atomic E-state index is -1.33. The average molecular weight is 551 g/mol. The predicted molar refractivity (Wildman–Crippen MR) is 138 cm³/mol. The molecule has 11 heteroatoms. The number of halogens is 2. The molecule has 2 unspecified atom stereocenters. The van der Waals surface area contributed by atoms with E-state index in [0.29, 0.717) is 18.4 Å². The fraction of sp³-hybridized carbons (Fsp3) is 0.385. The number of aromatic hydroxyl groups is 1. The molecule has 2 aromatic carbocycles. The number of hydrogen-bond donors (Lipinski definition) is 5. The fourth-order valence-electron chi connectivity index (χ4n) is 4.76. The SMILES string of the molecule is CC1(C(=O)O)CCC(C(=O)N[C@@H](Cc2ccc(O)c(NC(=O)c3c(Cl)cccc3Cl)c2)C(=O)O)C1(C)C.